The van der Waals surface area contributed by atoms with Crippen LogP contribution in [0.15, 0.2) is 72.8 Å². The average molecular weight is 606 g/mol. The monoisotopic (exact) mass is 605 g/mol. The molecule has 0 spiro atoms. The number of rotatable bonds is 9. The summed E-state index contributed by atoms with van der Waals surface area (Å²) in [4.78, 5) is 41.4. The Bertz CT molecular complexity index is 1430. The lowest BCUT2D eigenvalue weighted by Gasteiger charge is -2.24. The summed E-state index contributed by atoms with van der Waals surface area (Å²) >= 11 is 11.5. The second-order valence-corrected chi connectivity index (χ2v) is 9.62. The molecule has 1 atom stereocenters. The molecule has 13 heteroatoms. The third-order valence-electron chi connectivity index (χ3n) is 5.97. The molecule has 1 N–H and O–H groups in total. The highest BCUT2D eigenvalue weighted by molar-refractivity contribution is 7.80. The lowest BCUT2D eigenvalue weighted by Crippen LogP contribution is -2.37. The summed E-state index contributed by atoms with van der Waals surface area (Å²) in [5, 5.41) is 3.29. The largest absolute Gasteiger partial charge is 0.573 e. The Morgan fingerprint density at radius 3 is 2.22 bits per heavy atom. The van der Waals surface area contributed by atoms with Crippen molar-refractivity contribution in [1.29, 1.82) is 0 Å². The van der Waals surface area contributed by atoms with Gasteiger partial charge in [-0.05, 0) is 85.4 Å². The Morgan fingerprint density at radius 2 is 1.63 bits per heavy atom. The maximum Gasteiger partial charge on any atom is 0.573 e. The number of anilines is 2. The molecule has 1 aliphatic heterocycles. The highest BCUT2D eigenvalue weighted by atomic mass is 35.5. The van der Waals surface area contributed by atoms with E-state index in [0.717, 1.165) is 12.1 Å². The molecule has 3 aromatic rings. The minimum absolute atomic E-state index is 0.0210. The third kappa shape index (κ3) is 7.53. The van der Waals surface area contributed by atoms with Gasteiger partial charge in [-0.3, -0.25) is 14.5 Å². The molecule has 41 heavy (non-hydrogen) atoms. The zero-order chi connectivity index (χ0) is 29.7. The van der Waals surface area contributed by atoms with Gasteiger partial charge in [-0.15, -0.1) is 13.2 Å². The van der Waals surface area contributed by atoms with E-state index in [-0.39, 0.29) is 30.2 Å². The number of esters is 1. The van der Waals surface area contributed by atoms with Crippen molar-refractivity contribution in [2.75, 3.05) is 16.8 Å². The third-order valence-corrected chi connectivity index (χ3v) is 6.64. The zero-order valence-corrected chi connectivity index (χ0v) is 23.1. The summed E-state index contributed by atoms with van der Waals surface area (Å²) in [5.41, 5.74) is 1.65. The summed E-state index contributed by atoms with van der Waals surface area (Å²) in [7, 11) is 0. The lowest BCUT2D eigenvalue weighted by atomic mass is 10.1. The fourth-order valence-electron chi connectivity index (χ4n) is 4.13. The predicted octanol–water partition coefficient (Wildman–Crippen LogP) is 5.95. The van der Waals surface area contributed by atoms with Gasteiger partial charge in [-0.2, -0.15) is 0 Å². The number of alkyl halides is 3. The minimum Gasteiger partial charge on any atom is -0.462 e. The smallest absolute Gasteiger partial charge is 0.462 e. The van der Waals surface area contributed by atoms with E-state index >= 15 is 0 Å². The van der Waals surface area contributed by atoms with Gasteiger partial charge in [-0.25, -0.2) is 4.79 Å². The van der Waals surface area contributed by atoms with E-state index in [9.17, 15) is 27.6 Å². The van der Waals surface area contributed by atoms with Crippen LogP contribution in [0.4, 0.5) is 24.5 Å². The van der Waals surface area contributed by atoms with Crippen LogP contribution in [0.25, 0.3) is 0 Å². The van der Waals surface area contributed by atoms with E-state index in [0.29, 0.717) is 22.0 Å². The van der Waals surface area contributed by atoms with E-state index < -0.39 is 35.9 Å². The van der Waals surface area contributed by atoms with Crippen LogP contribution in [0.1, 0.15) is 29.3 Å². The van der Waals surface area contributed by atoms with Crippen LogP contribution < -0.4 is 15.0 Å². The molecule has 1 fully saturated rings. The Kier molecular flexibility index (Phi) is 9.14. The van der Waals surface area contributed by atoms with Crippen LogP contribution in [-0.2, 0) is 20.9 Å². The van der Waals surface area contributed by atoms with Crippen molar-refractivity contribution in [1.82, 2.24) is 4.90 Å². The molecular weight excluding hydrogens is 583 g/mol. The number of hydrogen-bond acceptors (Lipinski definition) is 6. The number of halogens is 4. The number of benzene rings is 3. The number of hydrogen-bond donors (Lipinski definition) is 1. The minimum atomic E-state index is -4.84. The summed E-state index contributed by atoms with van der Waals surface area (Å²) < 4.78 is 46.6. The topological polar surface area (TPSA) is 88.2 Å². The SMILES string of the molecule is CCOC(=O)c1ccc(N2C(=O)[C@@H](CC(=O)Nc3ccc(Cl)cc3)N(Cc3ccc(OC(F)(F)F)cc3)C2=S)cc1. The molecule has 0 unspecified atom stereocenters. The van der Waals surface area contributed by atoms with Crippen molar-refractivity contribution >= 4 is 58.1 Å². The van der Waals surface area contributed by atoms with Crippen LogP contribution in [0.3, 0.4) is 0 Å². The number of thiocarbonyl (C=S) groups is 1. The van der Waals surface area contributed by atoms with Gasteiger partial charge < -0.3 is 19.7 Å². The summed E-state index contributed by atoms with van der Waals surface area (Å²) in [6.45, 7) is 1.91. The van der Waals surface area contributed by atoms with E-state index in [2.05, 4.69) is 10.1 Å². The van der Waals surface area contributed by atoms with Gasteiger partial charge in [0.15, 0.2) is 5.11 Å². The molecule has 0 saturated carbocycles. The molecule has 0 aliphatic carbocycles. The van der Waals surface area contributed by atoms with Crippen molar-refractivity contribution in [3.05, 3.63) is 88.9 Å². The van der Waals surface area contributed by atoms with Crippen molar-refractivity contribution in [3.8, 4) is 5.75 Å². The first-order valence-corrected chi connectivity index (χ1v) is 13.1. The molecule has 214 valence electrons. The van der Waals surface area contributed by atoms with Gasteiger partial charge in [-0.1, -0.05) is 23.7 Å². The number of carbonyl (C=O) groups excluding carboxylic acids is 3. The first-order chi connectivity index (χ1) is 19.4. The molecule has 1 heterocycles. The maximum atomic E-state index is 13.6. The van der Waals surface area contributed by atoms with E-state index in [1.165, 1.54) is 46.2 Å². The molecule has 8 nitrogen and oxygen atoms in total. The number of carbonyl (C=O) groups is 3. The van der Waals surface area contributed by atoms with Crippen LogP contribution in [-0.4, -0.2) is 46.8 Å². The van der Waals surface area contributed by atoms with Crippen molar-refractivity contribution < 1.29 is 37.0 Å². The second kappa shape index (κ2) is 12.6. The number of ether oxygens (including phenoxy) is 2. The molecule has 2 amide bonds. The van der Waals surface area contributed by atoms with Crippen LogP contribution in [0.2, 0.25) is 5.02 Å². The Morgan fingerprint density at radius 1 is 1.00 bits per heavy atom. The summed E-state index contributed by atoms with van der Waals surface area (Å²) in [6.07, 6.45) is -5.11. The Labute approximate surface area is 243 Å². The molecule has 4 rings (SSSR count). The predicted molar refractivity (Wildman–Crippen MR) is 150 cm³/mol. The number of amides is 2. The van der Waals surface area contributed by atoms with Crippen molar-refractivity contribution in [3.63, 3.8) is 0 Å². The van der Waals surface area contributed by atoms with Crippen molar-refractivity contribution in [2.45, 2.75) is 32.3 Å². The normalized spacial score (nSPS) is 15.2. The molecule has 1 saturated heterocycles. The zero-order valence-electron chi connectivity index (χ0n) is 21.5. The molecule has 0 radical (unpaired) electrons. The average Bonchev–Trinajstić information content (AvgIpc) is 3.14. The van der Waals surface area contributed by atoms with Gasteiger partial charge in [0.2, 0.25) is 5.91 Å². The Balaban J connectivity index is 1.58. The Hall–Kier alpha value is -4.16. The molecule has 0 aromatic heterocycles. The highest BCUT2D eigenvalue weighted by Gasteiger charge is 2.44. The molecular formula is C28H23ClF3N3O5S. The first kappa shape index (κ1) is 29.8. The first-order valence-electron chi connectivity index (χ1n) is 12.3. The molecule has 0 bridgehead atoms. The van der Waals surface area contributed by atoms with Gasteiger partial charge in [0, 0.05) is 17.3 Å². The van der Waals surface area contributed by atoms with Gasteiger partial charge in [0.1, 0.15) is 11.8 Å². The summed E-state index contributed by atoms with van der Waals surface area (Å²) in [5.74, 6) is -1.87. The highest BCUT2D eigenvalue weighted by Crippen LogP contribution is 2.30. The van der Waals surface area contributed by atoms with Crippen LogP contribution >= 0.6 is 23.8 Å². The van der Waals surface area contributed by atoms with E-state index in [1.807, 2.05) is 0 Å². The van der Waals surface area contributed by atoms with E-state index in [1.54, 1.807) is 31.2 Å². The standard InChI is InChI=1S/C28H23ClF3N3O5S/c1-2-39-26(38)18-5-11-21(12-6-18)35-25(37)23(15-24(36)33-20-9-7-19(29)8-10-20)34(27(35)41)16-17-3-13-22(14-4-17)40-28(30,31)32/h3-14,23H,2,15-16H2,1H3,(H,33,36)/t23-/m1/s1. The fraction of sp³-hybridized carbons (Fsp3) is 0.214. The fourth-order valence-corrected chi connectivity index (χ4v) is 4.64. The van der Waals surface area contributed by atoms with E-state index in [4.69, 9.17) is 28.6 Å². The van der Waals surface area contributed by atoms with Gasteiger partial charge >= 0.3 is 12.3 Å². The van der Waals surface area contributed by atoms with Crippen LogP contribution in [0, 0.1) is 0 Å². The maximum absolute atomic E-state index is 13.6. The lowest BCUT2D eigenvalue weighted by molar-refractivity contribution is -0.274. The second-order valence-electron chi connectivity index (χ2n) is 8.82. The van der Waals surface area contributed by atoms with Crippen LogP contribution in [0.5, 0.6) is 5.75 Å². The van der Waals surface area contributed by atoms with Gasteiger partial charge in [0.25, 0.3) is 5.91 Å². The number of nitrogens with one attached hydrogen (secondary N) is 1. The summed E-state index contributed by atoms with van der Waals surface area (Å²) in [6, 6.07) is 16.6. The quantitative estimate of drug-likeness (QED) is 0.238. The van der Waals surface area contributed by atoms with Gasteiger partial charge in [0.05, 0.1) is 24.3 Å². The number of nitrogens with zero attached hydrogens (tertiary/aromatic N) is 2. The molecule has 1 aliphatic rings. The molecule has 3 aromatic carbocycles. The van der Waals surface area contributed by atoms with Crippen molar-refractivity contribution in [2.24, 2.45) is 0 Å².